The van der Waals surface area contributed by atoms with E-state index in [1.54, 1.807) is 10.9 Å². The molecule has 1 aliphatic heterocycles. The van der Waals surface area contributed by atoms with Crippen molar-refractivity contribution in [3.05, 3.63) is 12.7 Å². The van der Waals surface area contributed by atoms with Gasteiger partial charge in [0.2, 0.25) is 0 Å². The minimum atomic E-state index is -1.08. The maximum absolute atomic E-state index is 11.9. The fourth-order valence-electron chi connectivity index (χ4n) is 2.81. The van der Waals surface area contributed by atoms with Crippen molar-refractivity contribution in [2.24, 2.45) is 0 Å². The number of amides is 1. The molecule has 2 aromatic rings. The second-order valence-corrected chi connectivity index (χ2v) is 8.66. The van der Waals surface area contributed by atoms with E-state index in [1.807, 2.05) is 0 Å². The van der Waals surface area contributed by atoms with Gasteiger partial charge < -0.3 is 0 Å². The number of carbonyl (C=O) groups excluding carboxylic acids is 1. The number of rotatable bonds is 4. The van der Waals surface area contributed by atoms with Gasteiger partial charge in [-0.1, -0.05) is 0 Å². The van der Waals surface area contributed by atoms with Crippen LogP contribution in [0.5, 0.6) is 0 Å². The average molecular weight is 397 g/mol. The Balaban J connectivity index is 1.68. The Labute approximate surface area is 144 Å². The summed E-state index contributed by atoms with van der Waals surface area (Å²) in [5.41, 5.74) is 1.24. The van der Waals surface area contributed by atoms with Crippen LogP contribution < -0.4 is 10.6 Å². The van der Waals surface area contributed by atoms with Gasteiger partial charge in [-0.3, -0.25) is 0 Å². The van der Waals surface area contributed by atoms with Crippen molar-refractivity contribution in [1.82, 2.24) is 24.8 Å². The summed E-state index contributed by atoms with van der Waals surface area (Å²) in [6, 6.07) is 0.439. The van der Waals surface area contributed by atoms with Gasteiger partial charge in [0.15, 0.2) is 0 Å². The number of fused-ring (bicyclic) bond motifs is 1. The van der Waals surface area contributed by atoms with Gasteiger partial charge in [-0.15, -0.1) is 0 Å². The Morgan fingerprint density at radius 2 is 2.08 bits per heavy atom. The number of anilines is 1. The van der Waals surface area contributed by atoms with Gasteiger partial charge in [-0.05, 0) is 0 Å². The van der Waals surface area contributed by atoms with Crippen molar-refractivity contribution in [2.45, 2.75) is 40.8 Å². The SMILES string of the molecule is CNC(=O)[C@H]1[Se][C@@H](n2cnc3c(NC4CC4)ncnc32)[C@H](O)[C@@H]1O. The molecule has 2 aromatic heterocycles. The monoisotopic (exact) mass is 398 g/mol. The van der Waals surface area contributed by atoms with E-state index in [4.69, 9.17) is 0 Å². The van der Waals surface area contributed by atoms with Crippen molar-refractivity contribution >= 4 is 37.8 Å². The van der Waals surface area contributed by atoms with Gasteiger partial charge in [0.25, 0.3) is 0 Å². The molecule has 0 aromatic carbocycles. The number of imidazole rings is 1. The Bertz CT molecular complexity index is 779. The molecule has 2 fully saturated rings. The molecule has 1 saturated carbocycles. The first-order chi connectivity index (χ1) is 11.6. The molecular weight excluding hydrogens is 379 g/mol. The van der Waals surface area contributed by atoms with Crippen molar-refractivity contribution in [3.63, 3.8) is 0 Å². The number of carbonyl (C=O) groups is 1. The van der Waals surface area contributed by atoms with Crippen molar-refractivity contribution in [2.75, 3.05) is 12.4 Å². The number of aliphatic hydroxyl groups is 2. The zero-order valence-electron chi connectivity index (χ0n) is 13.0. The molecule has 2 aliphatic rings. The molecular formula is C14H18N6O3Se. The molecule has 4 rings (SSSR count). The first kappa shape index (κ1) is 15.8. The number of hydrogen-bond donors (Lipinski definition) is 4. The van der Waals surface area contributed by atoms with Gasteiger partial charge in [0.05, 0.1) is 0 Å². The fourth-order valence-corrected chi connectivity index (χ4v) is 5.90. The second kappa shape index (κ2) is 5.96. The van der Waals surface area contributed by atoms with E-state index in [9.17, 15) is 15.0 Å². The molecule has 0 bridgehead atoms. The van der Waals surface area contributed by atoms with E-state index in [-0.39, 0.29) is 20.9 Å². The standard InChI is InChI=1S/C14H18N6O3Se/c1-15-13(23)10-8(21)9(22)14(24-10)20-5-18-7-11(19-6-2-3-6)16-4-17-12(7)20/h4-6,8-10,14,21-22H,2-3H2,1H3,(H,15,23)(H,16,17,19)/t8-,9+,10-,14+/m0/s1. The molecule has 0 radical (unpaired) electrons. The van der Waals surface area contributed by atoms with Crippen LogP contribution in [0.15, 0.2) is 12.7 Å². The molecule has 1 amide bonds. The zero-order chi connectivity index (χ0) is 16.8. The predicted octanol–water partition coefficient (Wildman–Crippen LogP) is -1.13. The third kappa shape index (κ3) is 2.55. The molecule has 128 valence electrons. The topological polar surface area (TPSA) is 125 Å². The number of nitrogens with zero attached hydrogens (tertiary/aromatic N) is 4. The summed E-state index contributed by atoms with van der Waals surface area (Å²) < 4.78 is 1.76. The van der Waals surface area contributed by atoms with Crippen LogP contribution in [0.3, 0.4) is 0 Å². The van der Waals surface area contributed by atoms with Crippen LogP contribution >= 0.6 is 0 Å². The van der Waals surface area contributed by atoms with Crippen LogP contribution in [-0.2, 0) is 4.79 Å². The molecule has 3 heterocycles. The zero-order valence-corrected chi connectivity index (χ0v) is 14.7. The van der Waals surface area contributed by atoms with E-state index in [2.05, 4.69) is 25.6 Å². The molecule has 0 spiro atoms. The van der Waals surface area contributed by atoms with Gasteiger partial charge in [-0.25, -0.2) is 0 Å². The van der Waals surface area contributed by atoms with E-state index in [0.29, 0.717) is 23.0 Å². The molecule has 0 unspecified atom stereocenters. The van der Waals surface area contributed by atoms with Crippen molar-refractivity contribution in [3.8, 4) is 0 Å². The average Bonchev–Trinajstić information content (AvgIpc) is 3.23. The number of aromatic nitrogens is 4. The van der Waals surface area contributed by atoms with Crippen LogP contribution in [-0.4, -0.2) is 75.9 Å². The third-order valence-electron chi connectivity index (χ3n) is 4.29. The van der Waals surface area contributed by atoms with Crippen LogP contribution in [0.1, 0.15) is 17.8 Å². The molecule has 1 saturated heterocycles. The van der Waals surface area contributed by atoms with Gasteiger partial charge in [0, 0.05) is 0 Å². The Hall–Kier alpha value is -1.74. The molecule has 4 N–H and O–H groups in total. The predicted molar refractivity (Wildman–Crippen MR) is 86.6 cm³/mol. The van der Waals surface area contributed by atoms with Crippen LogP contribution in [0.2, 0.25) is 4.82 Å². The molecule has 10 heteroatoms. The van der Waals surface area contributed by atoms with E-state index < -0.39 is 22.0 Å². The first-order valence-electron chi connectivity index (χ1n) is 7.77. The third-order valence-corrected chi connectivity index (χ3v) is 7.59. The second-order valence-electron chi connectivity index (χ2n) is 6.01. The Kier molecular flexibility index (Phi) is 3.92. The van der Waals surface area contributed by atoms with Crippen LogP contribution in [0.4, 0.5) is 5.82 Å². The van der Waals surface area contributed by atoms with Crippen molar-refractivity contribution < 1.29 is 15.0 Å². The summed E-state index contributed by atoms with van der Waals surface area (Å²) in [6.07, 6.45) is 3.20. The quantitative estimate of drug-likeness (QED) is 0.482. The van der Waals surface area contributed by atoms with Gasteiger partial charge in [-0.2, -0.15) is 0 Å². The first-order valence-corrected chi connectivity index (χ1v) is 9.75. The summed E-state index contributed by atoms with van der Waals surface area (Å²) in [5, 5.41) is 26.5. The summed E-state index contributed by atoms with van der Waals surface area (Å²) in [5.74, 6) is 0.434. The van der Waals surface area contributed by atoms with Crippen LogP contribution in [0, 0.1) is 0 Å². The summed E-state index contributed by atoms with van der Waals surface area (Å²) in [7, 11) is 1.53. The molecule has 1 aliphatic carbocycles. The summed E-state index contributed by atoms with van der Waals surface area (Å²) >= 11 is -0.332. The van der Waals surface area contributed by atoms with Gasteiger partial charge in [0.1, 0.15) is 0 Å². The normalized spacial score (nSPS) is 29.8. The Morgan fingerprint density at radius 3 is 2.79 bits per heavy atom. The van der Waals surface area contributed by atoms with Gasteiger partial charge >= 0.3 is 144 Å². The Morgan fingerprint density at radius 1 is 1.29 bits per heavy atom. The number of nitrogens with one attached hydrogen (secondary N) is 2. The van der Waals surface area contributed by atoms with E-state index in [0.717, 1.165) is 12.8 Å². The maximum atomic E-state index is 11.9. The summed E-state index contributed by atoms with van der Waals surface area (Å²) in [4.78, 5) is 23.8. The number of hydrogen-bond acceptors (Lipinski definition) is 7. The molecule has 4 atom stereocenters. The van der Waals surface area contributed by atoms with Crippen molar-refractivity contribution in [1.29, 1.82) is 0 Å². The van der Waals surface area contributed by atoms with E-state index >= 15 is 0 Å². The molecule has 24 heavy (non-hydrogen) atoms. The summed E-state index contributed by atoms with van der Waals surface area (Å²) in [6.45, 7) is 0. The van der Waals surface area contributed by atoms with Crippen LogP contribution in [0.25, 0.3) is 11.2 Å². The molecule has 9 nitrogen and oxygen atoms in total. The minimum absolute atomic E-state index is 0.251. The van der Waals surface area contributed by atoms with E-state index in [1.165, 1.54) is 13.4 Å². The number of aliphatic hydroxyl groups excluding tert-OH is 2. The fraction of sp³-hybridized carbons (Fsp3) is 0.571.